The summed E-state index contributed by atoms with van der Waals surface area (Å²) >= 11 is 0. The van der Waals surface area contributed by atoms with Gasteiger partial charge in [-0.3, -0.25) is 0 Å². The Kier molecular flexibility index (Phi) is 14.7. The lowest BCUT2D eigenvalue weighted by Gasteiger charge is -2.19. The van der Waals surface area contributed by atoms with E-state index in [1.165, 1.54) is 0 Å². The first-order chi connectivity index (χ1) is 9.70. The summed E-state index contributed by atoms with van der Waals surface area (Å²) < 4.78 is 0. The Bertz CT molecular complexity index is 220. The first-order valence-electron chi connectivity index (χ1n) is 7.68. The maximum atomic E-state index is 9.30. The quantitative estimate of drug-likeness (QED) is 0.342. The first-order valence-corrected chi connectivity index (χ1v) is 7.68. The number of hydrogen-bond donors (Lipinski definition) is 6. The van der Waals surface area contributed by atoms with Gasteiger partial charge < -0.3 is 30.6 Å². The Labute approximate surface area is 128 Å². The third-order valence-corrected chi connectivity index (χ3v) is 3.16. The number of rotatable bonds is 10. The van der Waals surface area contributed by atoms with Gasteiger partial charge in [-0.25, -0.2) is 0 Å². The molecule has 0 aromatic carbocycles. The Morgan fingerprint density at radius 2 is 1.52 bits per heavy atom. The standard InChI is InChI=1S/C8H18O3.C7H16O3/c1-7(10)4-3-5-8(2,11)6-9;1-2-3-4-6(9)7(10)5-8/h7,9-11H,3-6H2,1-2H3;6-10H,2-5H2,1H3. The molecule has 0 heterocycles. The smallest absolute Gasteiger partial charge is 0.103 e. The van der Waals surface area contributed by atoms with E-state index in [0.717, 1.165) is 19.3 Å². The van der Waals surface area contributed by atoms with Crippen molar-refractivity contribution in [2.75, 3.05) is 13.2 Å². The Balaban J connectivity index is 0. The monoisotopic (exact) mass is 310 g/mol. The summed E-state index contributed by atoms with van der Waals surface area (Å²) in [6, 6.07) is 0. The molecule has 0 aromatic rings. The normalized spacial score (nSPS) is 18.1. The predicted molar refractivity (Wildman–Crippen MR) is 81.9 cm³/mol. The van der Waals surface area contributed by atoms with E-state index in [1.807, 2.05) is 6.92 Å². The minimum absolute atomic E-state index is 0.215. The molecular formula is C15H34O6. The second-order valence-electron chi connectivity index (χ2n) is 5.86. The SMILES string of the molecule is CC(O)CCCC(C)(O)CO.CCCCC(O)C(O)CO. The first kappa shape index (κ1) is 23.0. The average Bonchev–Trinajstić information content (AvgIpc) is 2.43. The van der Waals surface area contributed by atoms with Crippen LogP contribution in [0.2, 0.25) is 0 Å². The van der Waals surface area contributed by atoms with Crippen LogP contribution in [0.1, 0.15) is 59.3 Å². The summed E-state index contributed by atoms with van der Waals surface area (Å²) in [6.45, 7) is 4.75. The van der Waals surface area contributed by atoms with Crippen molar-refractivity contribution in [1.82, 2.24) is 0 Å². The summed E-state index contributed by atoms with van der Waals surface area (Å²) in [5.74, 6) is 0. The third kappa shape index (κ3) is 16.0. The van der Waals surface area contributed by atoms with Gasteiger partial charge in [-0.2, -0.15) is 0 Å². The molecule has 0 spiro atoms. The number of aliphatic hydroxyl groups is 6. The van der Waals surface area contributed by atoms with Crippen molar-refractivity contribution >= 4 is 0 Å². The zero-order valence-electron chi connectivity index (χ0n) is 13.6. The van der Waals surface area contributed by atoms with Crippen LogP contribution in [0.15, 0.2) is 0 Å². The zero-order valence-corrected chi connectivity index (χ0v) is 13.6. The van der Waals surface area contributed by atoms with Gasteiger partial charge in [0.1, 0.15) is 6.10 Å². The maximum absolute atomic E-state index is 9.30. The van der Waals surface area contributed by atoms with Crippen LogP contribution in [0, 0.1) is 0 Å². The van der Waals surface area contributed by atoms with Crippen LogP contribution in [0.5, 0.6) is 0 Å². The molecular weight excluding hydrogens is 276 g/mol. The highest BCUT2D eigenvalue weighted by molar-refractivity contribution is 4.70. The largest absolute Gasteiger partial charge is 0.394 e. The highest BCUT2D eigenvalue weighted by Crippen LogP contribution is 2.13. The van der Waals surface area contributed by atoms with Crippen LogP contribution < -0.4 is 0 Å². The van der Waals surface area contributed by atoms with Gasteiger partial charge in [0.25, 0.3) is 0 Å². The molecule has 6 heteroatoms. The Morgan fingerprint density at radius 3 is 1.90 bits per heavy atom. The third-order valence-electron chi connectivity index (χ3n) is 3.16. The summed E-state index contributed by atoms with van der Waals surface area (Å²) in [5.41, 5.74) is -0.977. The maximum Gasteiger partial charge on any atom is 0.103 e. The molecule has 0 saturated carbocycles. The molecule has 0 fully saturated rings. The van der Waals surface area contributed by atoms with Crippen LogP contribution in [-0.2, 0) is 0 Å². The Morgan fingerprint density at radius 1 is 0.952 bits per heavy atom. The second kappa shape index (κ2) is 13.4. The van der Waals surface area contributed by atoms with Crippen molar-refractivity contribution in [3.63, 3.8) is 0 Å². The van der Waals surface area contributed by atoms with Gasteiger partial charge in [0, 0.05) is 0 Å². The lowest BCUT2D eigenvalue weighted by atomic mass is 9.99. The van der Waals surface area contributed by atoms with Crippen LogP contribution in [0.4, 0.5) is 0 Å². The number of unbranched alkanes of at least 4 members (excludes halogenated alkanes) is 1. The van der Waals surface area contributed by atoms with Gasteiger partial charge in [0.15, 0.2) is 0 Å². The molecule has 4 atom stereocenters. The zero-order chi connectivity index (χ0) is 16.9. The van der Waals surface area contributed by atoms with Gasteiger partial charge in [-0.1, -0.05) is 19.8 Å². The molecule has 6 nitrogen and oxygen atoms in total. The molecule has 130 valence electrons. The summed E-state index contributed by atoms with van der Waals surface area (Å²) in [6.07, 6.45) is 2.36. The van der Waals surface area contributed by atoms with Crippen molar-refractivity contribution in [3.05, 3.63) is 0 Å². The van der Waals surface area contributed by atoms with Gasteiger partial charge in [-0.15, -0.1) is 0 Å². The van der Waals surface area contributed by atoms with E-state index < -0.39 is 17.8 Å². The number of hydrogen-bond acceptors (Lipinski definition) is 6. The number of aliphatic hydroxyl groups excluding tert-OH is 5. The molecule has 0 aliphatic rings. The van der Waals surface area contributed by atoms with Crippen LogP contribution in [0.25, 0.3) is 0 Å². The van der Waals surface area contributed by atoms with Crippen molar-refractivity contribution in [1.29, 1.82) is 0 Å². The molecule has 21 heavy (non-hydrogen) atoms. The predicted octanol–water partition coefficient (Wildman–Crippen LogP) is 0.171. The second-order valence-corrected chi connectivity index (χ2v) is 5.86. The molecule has 0 aliphatic carbocycles. The molecule has 0 aromatic heterocycles. The van der Waals surface area contributed by atoms with Crippen LogP contribution in [0.3, 0.4) is 0 Å². The van der Waals surface area contributed by atoms with E-state index in [1.54, 1.807) is 13.8 Å². The minimum Gasteiger partial charge on any atom is -0.394 e. The van der Waals surface area contributed by atoms with Crippen molar-refractivity contribution in [3.8, 4) is 0 Å². The van der Waals surface area contributed by atoms with E-state index in [2.05, 4.69) is 0 Å². The van der Waals surface area contributed by atoms with E-state index in [0.29, 0.717) is 19.3 Å². The fourth-order valence-electron chi connectivity index (χ4n) is 1.58. The fraction of sp³-hybridized carbons (Fsp3) is 1.00. The van der Waals surface area contributed by atoms with Crippen molar-refractivity contribution < 1.29 is 30.6 Å². The summed E-state index contributed by atoms with van der Waals surface area (Å²) in [4.78, 5) is 0. The van der Waals surface area contributed by atoms with Gasteiger partial charge in [0.2, 0.25) is 0 Å². The lowest BCUT2D eigenvalue weighted by Crippen LogP contribution is -2.28. The minimum atomic E-state index is -0.977. The molecule has 6 N–H and O–H groups in total. The Hall–Kier alpha value is -0.240. The topological polar surface area (TPSA) is 121 Å². The van der Waals surface area contributed by atoms with Gasteiger partial charge in [-0.05, 0) is 39.5 Å². The van der Waals surface area contributed by atoms with E-state index in [4.69, 9.17) is 25.5 Å². The molecule has 0 radical (unpaired) electrons. The van der Waals surface area contributed by atoms with E-state index in [-0.39, 0.29) is 19.3 Å². The van der Waals surface area contributed by atoms with E-state index >= 15 is 0 Å². The molecule has 0 saturated heterocycles. The summed E-state index contributed by atoms with van der Waals surface area (Å²) in [7, 11) is 0. The van der Waals surface area contributed by atoms with Crippen molar-refractivity contribution in [2.45, 2.75) is 83.2 Å². The molecule has 0 bridgehead atoms. The molecule has 4 unspecified atom stereocenters. The highest BCUT2D eigenvalue weighted by Gasteiger charge is 2.18. The summed E-state index contributed by atoms with van der Waals surface area (Å²) in [5, 5.41) is 53.1. The highest BCUT2D eigenvalue weighted by atomic mass is 16.4. The van der Waals surface area contributed by atoms with Gasteiger partial charge in [0.05, 0.1) is 31.0 Å². The molecule has 0 aliphatic heterocycles. The average molecular weight is 310 g/mol. The van der Waals surface area contributed by atoms with Crippen LogP contribution in [-0.4, -0.2) is 67.8 Å². The van der Waals surface area contributed by atoms with E-state index in [9.17, 15) is 5.11 Å². The molecule has 0 amide bonds. The fourth-order valence-corrected chi connectivity index (χ4v) is 1.58. The lowest BCUT2D eigenvalue weighted by molar-refractivity contribution is -0.0183. The van der Waals surface area contributed by atoms with Crippen LogP contribution >= 0.6 is 0 Å². The molecule has 0 rings (SSSR count). The van der Waals surface area contributed by atoms with Gasteiger partial charge >= 0.3 is 0 Å². The van der Waals surface area contributed by atoms with Crippen molar-refractivity contribution in [2.24, 2.45) is 0 Å².